The lowest BCUT2D eigenvalue weighted by atomic mass is 10.1. The monoisotopic (exact) mass is 529 g/mol. The minimum absolute atomic E-state index is 0. The molecule has 28 heavy (non-hydrogen) atoms. The Hall–Kier alpha value is -0.130. The first-order chi connectivity index (χ1) is 13.0. The average molecular weight is 530 g/mol. The predicted molar refractivity (Wildman–Crippen MR) is 128 cm³/mol. The molecule has 0 spiro atoms. The fourth-order valence-electron chi connectivity index (χ4n) is 4.03. The number of hydrogen-bond donors (Lipinski definition) is 2. The van der Waals surface area contributed by atoms with Gasteiger partial charge >= 0.3 is 0 Å². The molecule has 0 amide bonds. The quantitative estimate of drug-likeness (QED) is 0.272. The molecule has 0 aromatic rings. The molecule has 0 unspecified atom stereocenters. The van der Waals surface area contributed by atoms with Gasteiger partial charge in [0.05, 0.1) is 12.3 Å². The molecule has 0 atom stereocenters. The number of piperidine rings is 1. The second-order valence-electron chi connectivity index (χ2n) is 7.81. The third-order valence-corrected chi connectivity index (χ3v) is 7.74. The van der Waals surface area contributed by atoms with Crippen LogP contribution >= 0.6 is 24.0 Å². The molecule has 1 heterocycles. The zero-order chi connectivity index (χ0) is 19.7. The summed E-state index contributed by atoms with van der Waals surface area (Å²) in [6.07, 6.45) is 7.68. The van der Waals surface area contributed by atoms with Gasteiger partial charge in [0.15, 0.2) is 5.96 Å². The summed E-state index contributed by atoms with van der Waals surface area (Å²) in [5, 5.41) is 6.83. The van der Waals surface area contributed by atoms with E-state index in [-0.39, 0.29) is 35.8 Å². The molecule has 0 aromatic heterocycles. The molecule has 9 heteroatoms. The Balaban J connectivity index is 0.00000392. The average Bonchev–Trinajstić information content (AvgIpc) is 3.17. The summed E-state index contributed by atoms with van der Waals surface area (Å²) >= 11 is 0. The molecule has 1 saturated carbocycles. The third kappa shape index (κ3) is 8.31. The molecule has 7 nitrogen and oxygen atoms in total. The van der Waals surface area contributed by atoms with Gasteiger partial charge in [-0.3, -0.25) is 4.99 Å². The van der Waals surface area contributed by atoms with Crippen LogP contribution in [0.3, 0.4) is 0 Å². The van der Waals surface area contributed by atoms with E-state index in [4.69, 9.17) is 4.99 Å². The number of nitrogens with zero attached hydrogens (tertiary/aromatic N) is 3. The van der Waals surface area contributed by atoms with Crippen LogP contribution in [0.5, 0.6) is 0 Å². The summed E-state index contributed by atoms with van der Waals surface area (Å²) < 4.78 is 26.0. The standard InChI is InChI=1S/C19H39N5O2S.HI/c1-4-16-27(25,26)24-13-10-17(11-14-24)22-19(20-5-2)21-12-15-23(3)18-8-6-7-9-18;/h17-18H,4-16H2,1-3H3,(H2,20,21,22);1H. The van der Waals surface area contributed by atoms with Crippen molar-refractivity contribution >= 4 is 40.0 Å². The number of rotatable bonds is 9. The summed E-state index contributed by atoms with van der Waals surface area (Å²) in [4.78, 5) is 7.18. The van der Waals surface area contributed by atoms with Crippen LogP contribution in [0.25, 0.3) is 0 Å². The topological polar surface area (TPSA) is 77.0 Å². The maximum Gasteiger partial charge on any atom is 0.214 e. The molecule has 0 radical (unpaired) electrons. The van der Waals surface area contributed by atoms with Crippen LogP contribution in [0, 0.1) is 0 Å². The zero-order valence-electron chi connectivity index (χ0n) is 17.8. The third-order valence-electron chi connectivity index (χ3n) is 5.67. The van der Waals surface area contributed by atoms with Gasteiger partial charge in [0, 0.05) is 38.3 Å². The molecular weight excluding hydrogens is 489 g/mol. The van der Waals surface area contributed by atoms with Crippen molar-refractivity contribution < 1.29 is 8.42 Å². The van der Waals surface area contributed by atoms with Gasteiger partial charge in [-0.25, -0.2) is 12.7 Å². The van der Waals surface area contributed by atoms with E-state index < -0.39 is 10.0 Å². The van der Waals surface area contributed by atoms with E-state index in [1.165, 1.54) is 25.7 Å². The number of nitrogens with one attached hydrogen (secondary N) is 2. The van der Waals surface area contributed by atoms with Crippen molar-refractivity contribution in [3.8, 4) is 0 Å². The second-order valence-corrected chi connectivity index (χ2v) is 9.90. The van der Waals surface area contributed by atoms with E-state index in [1.807, 2.05) is 6.92 Å². The van der Waals surface area contributed by atoms with Gasteiger partial charge in [-0.05, 0) is 46.1 Å². The highest BCUT2D eigenvalue weighted by atomic mass is 127. The largest absolute Gasteiger partial charge is 0.357 e. The van der Waals surface area contributed by atoms with E-state index in [2.05, 4.69) is 29.5 Å². The molecule has 0 bridgehead atoms. The SMILES string of the molecule is CCCS(=O)(=O)N1CCC(NC(=NCCN(C)C2CCCC2)NCC)CC1.I. The number of aliphatic imine (C=N–C) groups is 1. The molecule has 166 valence electrons. The van der Waals surface area contributed by atoms with Crippen LogP contribution in [0.2, 0.25) is 0 Å². The van der Waals surface area contributed by atoms with Gasteiger partial charge in [-0.15, -0.1) is 24.0 Å². The number of halogens is 1. The van der Waals surface area contributed by atoms with Crippen LogP contribution in [0.1, 0.15) is 58.8 Å². The Labute approximate surface area is 189 Å². The first-order valence-corrected chi connectivity index (χ1v) is 12.3. The lowest BCUT2D eigenvalue weighted by Crippen LogP contribution is -2.50. The molecule has 0 aromatic carbocycles. The first-order valence-electron chi connectivity index (χ1n) is 10.7. The fourth-order valence-corrected chi connectivity index (χ4v) is 5.57. The number of sulfonamides is 1. The lowest BCUT2D eigenvalue weighted by molar-refractivity contribution is 0.252. The first kappa shape index (κ1) is 25.9. The normalized spacial score (nSPS) is 20.4. The van der Waals surface area contributed by atoms with Crippen molar-refractivity contribution in [3.63, 3.8) is 0 Å². The Morgan fingerprint density at radius 3 is 2.36 bits per heavy atom. The maximum absolute atomic E-state index is 12.2. The van der Waals surface area contributed by atoms with Gasteiger partial charge in [-0.1, -0.05) is 19.8 Å². The van der Waals surface area contributed by atoms with Crippen molar-refractivity contribution in [1.82, 2.24) is 19.8 Å². The number of hydrogen-bond acceptors (Lipinski definition) is 4. The highest BCUT2D eigenvalue weighted by Crippen LogP contribution is 2.22. The molecule has 2 N–H and O–H groups in total. The molecule has 2 aliphatic rings. The van der Waals surface area contributed by atoms with Gasteiger partial charge in [0.25, 0.3) is 0 Å². The molecular formula is C19H40IN5O2S. The van der Waals surface area contributed by atoms with Crippen LogP contribution in [-0.2, 0) is 10.0 Å². The number of guanidine groups is 1. The molecule has 1 aliphatic carbocycles. The van der Waals surface area contributed by atoms with E-state index in [0.29, 0.717) is 19.5 Å². The minimum atomic E-state index is -3.07. The van der Waals surface area contributed by atoms with E-state index in [0.717, 1.165) is 44.5 Å². The van der Waals surface area contributed by atoms with Gasteiger partial charge in [0.1, 0.15) is 0 Å². The van der Waals surface area contributed by atoms with E-state index in [1.54, 1.807) is 4.31 Å². The second kappa shape index (κ2) is 13.2. The predicted octanol–water partition coefficient (Wildman–Crippen LogP) is 2.24. The zero-order valence-corrected chi connectivity index (χ0v) is 21.0. The van der Waals surface area contributed by atoms with Gasteiger partial charge < -0.3 is 15.5 Å². The van der Waals surface area contributed by atoms with Crippen molar-refractivity contribution in [2.75, 3.05) is 45.5 Å². The molecule has 2 fully saturated rings. The van der Waals surface area contributed by atoms with Crippen LogP contribution < -0.4 is 10.6 Å². The highest BCUT2D eigenvalue weighted by molar-refractivity contribution is 14.0. The van der Waals surface area contributed by atoms with Gasteiger partial charge in [-0.2, -0.15) is 0 Å². The van der Waals surface area contributed by atoms with E-state index >= 15 is 0 Å². The van der Waals surface area contributed by atoms with Crippen LogP contribution in [0.4, 0.5) is 0 Å². The molecule has 1 saturated heterocycles. The summed E-state index contributed by atoms with van der Waals surface area (Å²) in [5.74, 6) is 1.11. The van der Waals surface area contributed by atoms with Crippen LogP contribution in [-0.4, -0.2) is 81.2 Å². The smallest absolute Gasteiger partial charge is 0.214 e. The molecule has 1 aliphatic heterocycles. The summed E-state index contributed by atoms with van der Waals surface area (Å²) in [6, 6.07) is 1.01. The fraction of sp³-hybridized carbons (Fsp3) is 0.947. The van der Waals surface area contributed by atoms with Crippen molar-refractivity contribution in [2.24, 2.45) is 4.99 Å². The maximum atomic E-state index is 12.2. The summed E-state index contributed by atoms with van der Waals surface area (Å²) in [7, 11) is -0.867. The lowest BCUT2D eigenvalue weighted by Gasteiger charge is -2.32. The minimum Gasteiger partial charge on any atom is -0.357 e. The Kier molecular flexibility index (Phi) is 12.2. The van der Waals surface area contributed by atoms with Crippen molar-refractivity contribution in [3.05, 3.63) is 0 Å². The highest BCUT2D eigenvalue weighted by Gasteiger charge is 2.27. The Bertz CT molecular complexity index is 559. The number of likely N-dealkylation sites (N-methyl/N-ethyl adjacent to an activating group) is 1. The summed E-state index contributed by atoms with van der Waals surface area (Å²) in [5.41, 5.74) is 0. The van der Waals surface area contributed by atoms with Crippen LogP contribution in [0.15, 0.2) is 4.99 Å². The summed E-state index contributed by atoms with van der Waals surface area (Å²) in [6.45, 7) is 7.78. The molecule has 2 rings (SSSR count). The van der Waals surface area contributed by atoms with Crippen molar-refractivity contribution in [2.45, 2.75) is 70.9 Å². The van der Waals surface area contributed by atoms with E-state index in [9.17, 15) is 8.42 Å². The Morgan fingerprint density at radius 1 is 1.14 bits per heavy atom. The Morgan fingerprint density at radius 2 is 1.79 bits per heavy atom. The van der Waals surface area contributed by atoms with Crippen molar-refractivity contribution in [1.29, 1.82) is 0 Å². The van der Waals surface area contributed by atoms with Gasteiger partial charge in [0.2, 0.25) is 10.0 Å².